The van der Waals surface area contributed by atoms with Gasteiger partial charge in [-0.15, -0.1) is 0 Å². The van der Waals surface area contributed by atoms with Crippen molar-refractivity contribution in [3.05, 3.63) is 23.3 Å². The van der Waals surface area contributed by atoms with Crippen molar-refractivity contribution in [3.63, 3.8) is 0 Å². The second-order valence-electron chi connectivity index (χ2n) is 14.4. The molecule has 0 radical (unpaired) electrons. The van der Waals surface area contributed by atoms with Gasteiger partial charge in [0.15, 0.2) is 5.78 Å². The maximum absolute atomic E-state index is 13.1. The number of carbonyl (C=O) groups excluding carboxylic acids is 1. The van der Waals surface area contributed by atoms with Crippen LogP contribution in [0.3, 0.4) is 0 Å². The maximum atomic E-state index is 13.1. The molecule has 0 aromatic rings. The highest BCUT2D eigenvalue weighted by Gasteiger charge is 2.65. The summed E-state index contributed by atoms with van der Waals surface area (Å²) in [5.74, 6) is 0.133. The Hall–Kier alpha value is -1.46. The molecule has 0 spiro atoms. The number of aliphatic carboxylic acids is 1. The van der Waals surface area contributed by atoms with Crippen LogP contribution in [0.5, 0.6) is 0 Å². The molecule has 5 nitrogen and oxygen atoms in total. The van der Waals surface area contributed by atoms with Gasteiger partial charge in [0.2, 0.25) is 0 Å². The Morgan fingerprint density at radius 2 is 1.72 bits per heavy atom. The number of rotatable bonds is 6. The molecule has 2 fully saturated rings. The molecule has 0 saturated heterocycles. The second-order valence-corrected chi connectivity index (χ2v) is 14.4. The smallest absolute Gasteiger partial charge is 0.339 e. The molecular formula is C31H48O5. The van der Waals surface area contributed by atoms with Crippen LogP contribution < -0.4 is 0 Å². The average Bonchev–Trinajstić information content (AvgIpc) is 3.05. The molecule has 202 valence electrons. The molecule has 0 bridgehead atoms. The van der Waals surface area contributed by atoms with E-state index in [0.717, 1.165) is 38.5 Å². The van der Waals surface area contributed by atoms with E-state index in [4.69, 9.17) is 0 Å². The minimum absolute atomic E-state index is 0.0397. The fraction of sp³-hybridized carbons (Fsp3) is 0.806. The van der Waals surface area contributed by atoms with Gasteiger partial charge in [0, 0.05) is 10.8 Å². The minimum atomic E-state index is -1.11. The zero-order valence-electron chi connectivity index (χ0n) is 23.6. The van der Waals surface area contributed by atoms with Crippen molar-refractivity contribution in [1.82, 2.24) is 0 Å². The number of fused-ring (bicyclic) bond motifs is 5. The van der Waals surface area contributed by atoms with Gasteiger partial charge >= 0.3 is 5.97 Å². The Balaban J connectivity index is 1.68. The van der Waals surface area contributed by atoms with Gasteiger partial charge in [-0.1, -0.05) is 59.3 Å². The highest BCUT2D eigenvalue weighted by atomic mass is 16.4. The first kappa shape index (κ1) is 27.6. The average molecular weight is 501 g/mol. The van der Waals surface area contributed by atoms with Gasteiger partial charge in [-0.05, 0) is 93.3 Å². The van der Waals surface area contributed by atoms with E-state index >= 15 is 0 Å². The van der Waals surface area contributed by atoms with Crippen LogP contribution >= 0.6 is 0 Å². The summed E-state index contributed by atoms with van der Waals surface area (Å²) in [6.07, 6.45) is 10.3. The topological polar surface area (TPSA) is 94.8 Å². The molecule has 0 aromatic heterocycles. The number of allylic oxidation sites excluding steroid dienone is 3. The lowest BCUT2D eigenvalue weighted by Gasteiger charge is -2.62. The molecule has 4 aliphatic rings. The number of ketones is 1. The molecule has 3 N–H and O–H groups in total. The number of hydrogen-bond acceptors (Lipinski definition) is 4. The van der Waals surface area contributed by atoms with E-state index in [1.807, 2.05) is 19.9 Å². The third-order valence-corrected chi connectivity index (χ3v) is 11.9. The van der Waals surface area contributed by atoms with Crippen molar-refractivity contribution in [2.75, 3.05) is 0 Å². The Kier molecular flexibility index (Phi) is 6.53. The van der Waals surface area contributed by atoms with E-state index in [1.165, 1.54) is 5.57 Å². The van der Waals surface area contributed by atoms with E-state index in [9.17, 15) is 24.9 Å². The molecule has 0 aromatic carbocycles. The summed E-state index contributed by atoms with van der Waals surface area (Å²) in [5.41, 5.74) is -0.629. The highest BCUT2D eigenvalue weighted by molar-refractivity contribution is 6.19. The van der Waals surface area contributed by atoms with Crippen molar-refractivity contribution in [1.29, 1.82) is 0 Å². The molecule has 2 saturated carbocycles. The summed E-state index contributed by atoms with van der Waals surface area (Å²) >= 11 is 0. The summed E-state index contributed by atoms with van der Waals surface area (Å²) in [7, 11) is 0. The second kappa shape index (κ2) is 8.53. The SMILES string of the molecule is C[C@H](CC[C@@H](O)C(C)(C)O)[C@H]1CC[C@]2(C)C3CCC4C(C)(C)C(=O)C(C(=O)O)=C[C@]4(C)C3=CC[C@]12C. The lowest BCUT2D eigenvalue weighted by Crippen LogP contribution is -2.56. The number of aliphatic hydroxyl groups excluding tert-OH is 1. The van der Waals surface area contributed by atoms with Gasteiger partial charge in [-0.25, -0.2) is 4.79 Å². The first-order valence-corrected chi connectivity index (χ1v) is 14.0. The molecule has 4 rings (SSSR count). The number of carboxylic acids is 1. The Bertz CT molecular complexity index is 999. The molecule has 36 heavy (non-hydrogen) atoms. The molecular weight excluding hydrogens is 452 g/mol. The number of Topliss-reactive ketones (excluding diaryl/α,β-unsaturated/α-hetero) is 1. The Morgan fingerprint density at radius 1 is 1.08 bits per heavy atom. The number of hydrogen-bond donors (Lipinski definition) is 3. The van der Waals surface area contributed by atoms with Crippen molar-refractivity contribution >= 4 is 11.8 Å². The van der Waals surface area contributed by atoms with E-state index in [2.05, 4.69) is 33.8 Å². The molecule has 0 heterocycles. The molecule has 4 aliphatic carbocycles. The van der Waals surface area contributed by atoms with Gasteiger partial charge < -0.3 is 15.3 Å². The van der Waals surface area contributed by atoms with E-state index < -0.39 is 28.5 Å². The van der Waals surface area contributed by atoms with E-state index in [-0.39, 0.29) is 28.1 Å². The third-order valence-electron chi connectivity index (χ3n) is 11.9. The first-order valence-electron chi connectivity index (χ1n) is 14.0. The van der Waals surface area contributed by atoms with E-state index in [0.29, 0.717) is 24.2 Å². The quantitative estimate of drug-likeness (QED) is 0.310. The van der Waals surface area contributed by atoms with Crippen LogP contribution in [0.25, 0.3) is 0 Å². The van der Waals surface area contributed by atoms with Gasteiger partial charge in [-0.3, -0.25) is 4.79 Å². The maximum Gasteiger partial charge on any atom is 0.339 e. The molecule has 0 amide bonds. The van der Waals surface area contributed by atoms with Crippen LogP contribution in [0, 0.1) is 45.3 Å². The predicted molar refractivity (Wildman–Crippen MR) is 141 cm³/mol. The zero-order valence-corrected chi connectivity index (χ0v) is 23.6. The Labute approximate surface area is 217 Å². The van der Waals surface area contributed by atoms with Crippen LogP contribution in [0.4, 0.5) is 0 Å². The van der Waals surface area contributed by atoms with Crippen LogP contribution in [-0.4, -0.2) is 38.8 Å². The summed E-state index contributed by atoms with van der Waals surface area (Å²) in [4.78, 5) is 25.2. The number of aliphatic hydroxyl groups is 2. The largest absolute Gasteiger partial charge is 0.478 e. The standard InChI is InChI=1S/C31H48O5/c1-18(9-12-24(32)28(4,5)36)20-13-15-31(8)22-10-11-23-27(2,3)25(33)19(26(34)35)17-29(23,6)21(22)14-16-30(20,31)7/h14,17-18,20,22-24,32,36H,9-13,15-16H2,1-8H3,(H,34,35)/t18-,20-,22?,23?,24-,29-,30-,31-/m1/s1. The van der Waals surface area contributed by atoms with Crippen LogP contribution in [0.1, 0.15) is 100 Å². The van der Waals surface area contributed by atoms with Gasteiger partial charge in [0.05, 0.1) is 17.3 Å². The summed E-state index contributed by atoms with van der Waals surface area (Å²) in [6.45, 7) is 16.7. The summed E-state index contributed by atoms with van der Waals surface area (Å²) < 4.78 is 0. The molecule has 2 unspecified atom stereocenters. The molecule has 8 atom stereocenters. The van der Waals surface area contributed by atoms with Crippen molar-refractivity contribution in [3.8, 4) is 0 Å². The fourth-order valence-electron chi connectivity index (χ4n) is 9.36. The zero-order chi connectivity index (χ0) is 27.1. The summed E-state index contributed by atoms with van der Waals surface area (Å²) in [6, 6.07) is 0. The van der Waals surface area contributed by atoms with Crippen molar-refractivity contribution in [2.45, 2.75) is 112 Å². The highest BCUT2D eigenvalue weighted by Crippen LogP contribution is 2.72. The van der Waals surface area contributed by atoms with Crippen molar-refractivity contribution in [2.24, 2.45) is 45.3 Å². The minimum Gasteiger partial charge on any atom is -0.478 e. The summed E-state index contributed by atoms with van der Waals surface area (Å²) in [5, 5.41) is 30.5. The van der Waals surface area contributed by atoms with E-state index in [1.54, 1.807) is 13.8 Å². The van der Waals surface area contributed by atoms with Crippen LogP contribution in [0.15, 0.2) is 23.3 Å². The van der Waals surface area contributed by atoms with Crippen molar-refractivity contribution < 1.29 is 24.9 Å². The number of carbonyl (C=O) groups is 2. The fourth-order valence-corrected chi connectivity index (χ4v) is 9.36. The first-order chi connectivity index (χ1) is 16.4. The lowest BCUT2D eigenvalue weighted by atomic mass is 9.42. The lowest BCUT2D eigenvalue weighted by molar-refractivity contribution is -0.140. The van der Waals surface area contributed by atoms with Gasteiger partial charge in [-0.2, -0.15) is 0 Å². The molecule has 0 aliphatic heterocycles. The van der Waals surface area contributed by atoms with Crippen LogP contribution in [0.2, 0.25) is 0 Å². The Morgan fingerprint density at radius 3 is 2.31 bits per heavy atom. The van der Waals surface area contributed by atoms with Gasteiger partial charge in [0.25, 0.3) is 0 Å². The van der Waals surface area contributed by atoms with Crippen LogP contribution in [-0.2, 0) is 9.59 Å². The monoisotopic (exact) mass is 500 g/mol. The number of carboxylic acid groups (broad SMARTS) is 1. The molecule has 5 heteroatoms. The van der Waals surface area contributed by atoms with Gasteiger partial charge in [0.1, 0.15) is 0 Å². The predicted octanol–water partition coefficient (Wildman–Crippen LogP) is 5.94. The third kappa shape index (κ3) is 3.78. The normalized spacial score (nSPS) is 41.4.